The molecule has 0 spiro atoms. The number of pyridine rings is 1. The Labute approximate surface area is 190 Å². The number of carbonyl (C=O) groups excluding carboxylic acids is 1. The van der Waals surface area contributed by atoms with Crippen molar-refractivity contribution in [3.63, 3.8) is 0 Å². The van der Waals surface area contributed by atoms with Crippen molar-refractivity contribution >= 4 is 5.91 Å². The van der Waals surface area contributed by atoms with Crippen molar-refractivity contribution in [2.24, 2.45) is 0 Å². The number of amides is 1. The molecule has 7 heteroatoms. The van der Waals surface area contributed by atoms with E-state index < -0.39 is 0 Å². The summed E-state index contributed by atoms with van der Waals surface area (Å²) >= 11 is 0. The van der Waals surface area contributed by atoms with Crippen molar-refractivity contribution in [1.82, 2.24) is 20.5 Å². The van der Waals surface area contributed by atoms with E-state index in [1.807, 2.05) is 54.6 Å². The summed E-state index contributed by atoms with van der Waals surface area (Å²) < 4.78 is 6.13. The van der Waals surface area contributed by atoms with E-state index in [2.05, 4.69) is 20.5 Å². The number of para-hydroxylation sites is 2. The number of nitrogens with zero attached hydrogens (tertiary/aromatic N) is 2. The van der Waals surface area contributed by atoms with Crippen LogP contribution in [0.2, 0.25) is 0 Å². The van der Waals surface area contributed by atoms with Crippen molar-refractivity contribution in [2.45, 2.75) is 25.8 Å². The van der Waals surface area contributed by atoms with Gasteiger partial charge in [0.1, 0.15) is 17.2 Å². The minimum absolute atomic E-state index is 0.170. The van der Waals surface area contributed by atoms with Gasteiger partial charge in [-0.15, -0.1) is 0 Å². The third kappa shape index (κ3) is 4.39. The standard InChI is InChI=1S/C26H22N4O3/c1-16-23(17-13-18(15-27-14-17)26(32)28-19-11-12-19)24(29-30-25(16)31)21-9-5-6-10-22(21)33-20-7-3-2-4-8-20/h2-10,13-15,19H,11-12H2,1H3,(H,28,32)(H,30,31). The van der Waals surface area contributed by atoms with Crippen LogP contribution in [0.4, 0.5) is 0 Å². The first-order chi connectivity index (χ1) is 16.1. The number of aromatic amines is 1. The zero-order chi connectivity index (χ0) is 22.8. The smallest absolute Gasteiger partial charge is 0.267 e. The Morgan fingerprint density at radius 1 is 1.06 bits per heavy atom. The van der Waals surface area contributed by atoms with E-state index in [4.69, 9.17) is 4.74 Å². The second-order valence-corrected chi connectivity index (χ2v) is 8.02. The van der Waals surface area contributed by atoms with Crippen molar-refractivity contribution in [3.05, 3.63) is 94.5 Å². The van der Waals surface area contributed by atoms with E-state index in [1.54, 1.807) is 19.2 Å². The molecule has 0 unspecified atom stereocenters. The molecule has 2 heterocycles. The lowest BCUT2D eigenvalue weighted by Gasteiger charge is -2.15. The van der Waals surface area contributed by atoms with Crippen LogP contribution in [-0.2, 0) is 0 Å². The average molecular weight is 438 g/mol. The number of benzene rings is 2. The van der Waals surface area contributed by atoms with Crippen LogP contribution < -0.4 is 15.6 Å². The molecule has 33 heavy (non-hydrogen) atoms. The molecular formula is C26H22N4O3. The summed E-state index contributed by atoms with van der Waals surface area (Å²) in [5.74, 6) is 1.12. The quantitative estimate of drug-likeness (QED) is 0.462. The highest BCUT2D eigenvalue weighted by molar-refractivity contribution is 5.96. The Bertz CT molecular complexity index is 1380. The molecule has 1 aliphatic carbocycles. The van der Waals surface area contributed by atoms with Crippen LogP contribution in [-0.4, -0.2) is 27.1 Å². The molecule has 0 aliphatic heterocycles. The van der Waals surface area contributed by atoms with Gasteiger partial charge >= 0.3 is 0 Å². The molecule has 5 rings (SSSR count). The molecule has 2 aromatic heterocycles. The summed E-state index contributed by atoms with van der Waals surface area (Å²) in [6.07, 6.45) is 5.17. The lowest BCUT2D eigenvalue weighted by atomic mass is 9.96. The predicted octanol–water partition coefficient (Wildman–Crippen LogP) is 4.49. The van der Waals surface area contributed by atoms with Gasteiger partial charge < -0.3 is 10.1 Å². The number of nitrogens with one attached hydrogen (secondary N) is 2. The second kappa shape index (κ2) is 8.70. The molecule has 4 aromatic rings. The van der Waals surface area contributed by atoms with Gasteiger partial charge in [-0.1, -0.05) is 30.3 Å². The number of ether oxygens (including phenoxy) is 1. The van der Waals surface area contributed by atoms with Gasteiger partial charge in [0.25, 0.3) is 11.5 Å². The van der Waals surface area contributed by atoms with Crippen LogP contribution in [0, 0.1) is 6.92 Å². The molecule has 0 radical (unpaired) electrons. The van der Waals surface area contributed by atoms with Gasteiger partial charge in [0, 0.05) is 40.7 Å². The van der Waals surface area contributed by atoms with Gasteiger partial charge in [-0.2, -0.15) is 5.10 Å². The first kappa shape index (κ1) is 20.6. The Balaban J connectivity index is 1.62. The first-order valence-electron chi connectivity index (χ1n) is 10.8. The van der Waals surface area contributed by atoms with E-state index in [0.717, 1.165) is 12.8 Å². The van der Waals surface area contributed by atoms with Gasteiger partial charge in [-0.05, 0) is 50.1 Å². The minimum Gasteiger partial charge on any atom is -0.457 e. The van der Waals surface area contributed by atoms with Crippen LogP contribution in [0.25, 0.3) is 22.4 Å². The summed E-state index contributed by atoms with van der Waals surface area (Å²) in [4.78, 5) is 29.4. The highest BCUT2D eigenvalue weighted by Crippen LogP contribution is 2.38. The number of hydrogen-bond acceptors (Lipinski definition) is 5. The number of aromatic nitrogens is 3. The fourth-order valence-electron chi connectivity index (χ4n) is 3.65. The van der Waals surface area contributed by atoms with Crippen molar-refractivity contribution in [2.75, 3.05) is 0 Å². The Kier molecular flexibility index (Phi) is 5.44. The maximum absolute atomic E-state index is 12.6. The van der Waals surface area contributed by atoms with E-state index in [0.29, 0.717) is 45.0 Å². The molecular weight excluding hydrogens is 416 g/mol. The van der Waals surface area contributed by atoms with Crippen molar-refractivity contribution < 1.29 is 9.53 Å². The second-order valence-electron chi connectivity index (χ2n) is 8.02. The van der Waals surface area contributed by atoms with Gasteiger partial charge in [0.2, 0.25) is 0 Å². The Morgan fingerprint density at radius 2 is 1.82 bits per heavy atom. The maximum atomic E-state index is 12.6. The van der Waals surface area contributed by atoms with Crippen LogP contribution >= 0.6 is 0 Å². The van der Waals surface area contributed by atoms with Crippen molar-refractivity contribution in [3.8, 4) is 33.9 Å². The largest absolute Gasteiger partial charge is 0.457 e. The van der Waals surface area contributed by atoms with Gasteiger partial charge in [-0.3, -0.25) is 14.6 Å². The summed E-state index contributed by atoms with van der Waals surface area (Å²) in [6, 6.07) is 18.9. The molecule has 0 bridgehead atoms. The van der Waals surface area contributed by atoms with Crippen LogP contribution in [0.5, 0.6) is 11.5 Å². The van der Waals surface area contributed by atoms with E-state index in [1.165, 1.54) is 6.20 Å². The van der Waals surface area contributed by atoms with E-state index in [9.17, 15) is 9.59 Å². The molecule has 164 valence electrons. The zero-order valence-electron chi connectivity index (χ0n) is 18.0. The molecule has 7 nitrogen and oxygen atoms in total. The third-order valence-electron chi connectivity index (χ3n) is 5.54. The summed E-state index contributed by atoms with van der Waals surface area (Å²) in [5.41, 5.74) is 3.12. The summed E-state index contributed by atoms with van der Waals surface area (Å²) in [7, 11) is 0. The normalized spacial score (nSPS) is 12.9. The predicted molar refractivity (Wildman–Crippen MR) is 125 cm³/mol. The number of rotatable bonds is 6. The van der Waals surface area contributed by atoms with E-state index >= 15 is 0 Å². The minimum atomic E-state index is -0.303. The highest BCUT2D eigenvalue weighted by atomic mass is 16.5. The number of hydrogen-bond donors (Lipinski definition) is 2. The molecule has 1 amide bonds. The van der Waals surface area contributed by atoms with Crippen LogP contribution in [0.3, 0.4) is 0 Å². The highest BCUT2D eigenvalue weighted by Gasteiger charge is 2.25. The Morgan fingerprint density at radius 3 is 2.61 bits per heavy atom. The van der Waals surface area contributed by atoms with Gasteiger partial charge in [-0.25, -0.2) is 5.10 Å². The molecule has 1 saturated carbocycles. The topological polar surface area (TPSA) is 97.0 Å². The molecule has 1 aliphatic rings. The average Bonchev–Trinajstić information content (AvgIpc) is 3.66. The monoisotopic (exact) mass is 438 g/mol. The SMILES string of the molecule is Cc1c(-c2cncc(C(=O)NC3CC3)c2)c(-c2ccccc2Oc2ccccc2)n[nH]c1=O. The maximum Gasteiger partial charge on any atom is 0.267 e. The summed E-state index contributed by atoms with van der Waals surface area (Å²) in [5, 5.41) is 9.93. The first-order valence-corrected chi connectivity index (χ1v) is 10.8. The lowest BCUT2D eigenvalue weighted by molar-refractivity contribution is 0.0950. The fourth-order valence-corrected chi connectivity index (χ4v) is 3.65. The van der Waals surface area contributed by atoms with Gasteiger partial charge in [0.15, 0.2) is 0 Å². The fraction of sp³-hybridized carbons (Fsp3) is 0.154. The van der Waals surface area contributed by atoms with Crippen molar-refractivity contribution in [1.29, 1.82) is 0 Å². The molecule has 1 fully saturated rings. The third-order valence-corrected chi connectivity index (χ3v) is 5.54. The van der Waals surface area contributed by atoms with Crippen LogP contribution in [0.15, 0.2) is 77.9 Å². The Hall–Kier alpha value is -4.26. The molecule has 2 aromatic carbocycles. The molecule has 0 atom stereocenters. The molecule has 2 N–H and O–H groups in total. The molecule has 0 saturated heterocycles. The van der Waals surface area contributed by atoms with E-state index in [-0.39, 0.29) is 17.5 Å². The number of H-pyrrole nitrogens is 1. The number of carbonyl (C=O) groups is 1. The van der Waals surface area contributed by atoms with Crippen LogP contribution in [0.1, 0.15) is 28.8 Å². The summed E-state index contributed by atoms with van der Waals surface area (Å²) in [6.45, 7) is 1.73. The lowest BCUT2D eigenvalue weighted by Crippen LogP contribution is -2.25. The van der Waals surface area contributed by atoms with Gasteiger partial charge in [0.05, 0.1) is 5.56 Å². The zero-order valence-corrected chi connectivity index (χ0v) is 18.0.